The van der Waals surface area contributed by atoms with Gasteiger partial charge in [0.2, 0.25) is 0 Å². The van der Waals surface area contributed by atoms with E-state index in [9.17, 15) is 19.5 Å². The van der Waals surface area contributed by atoms with Gasteiger partial charge in [0.25, 0.3) is 17.4 Å². The van der Waals surface area contributed by atoms with Crippen LogP contribution in [-0.2, 0) is 6.54 Å². The molecule has 1 aromatic heterocycles. The Morgan fingerprint density at radius 2 is 1.79 bits per heavy atom. The lowest BCUT2D eigenvalue weighted by Crippen LogP contribution is -2.44. The van der Waals surface area contributed by atoms with E-state index in [2.05, 4.69) is 10.9 Å². The molecule has 3 rings (SSSR count). The molecule has 7 nitrogen and oxygen atoms in total. The number of rotatable bonds is 4. The highest BCUT2D eigenvalue weighted by atomic mass is 35.5. The zero-order valence-electron chi connectivity index (χ0n) is 15.0. The van der Waals surface area contributed by atoms with Gasteiger partial charge in [-0.2, -0.15) is 0 Å². The van der Waals surface area contributed by atoms with E-state index in [0.717, 1.165) is 0 Å². The third-order valence-electron chi connectivity index (χ3n) is 4.20. The first-order valence-electron chi connectivity index (χ1n) is 8.64. The van der Waals surface area contributed by atoms with Gasteiger partial charge in [0, 0.05) is 22.5 Å². The maximum absolute atomic E-state index is 12.8. The van der Waals surface area contributed by atoms with E-state index in [0.29, 0.717) is 28.9 Å². The summed E-state index contributed by atoms with van der Waals surface area (Å²) in [6.07, 6.45) is 0.668. The maximum Gasteiger partial charge on any atom is 0.279 e. The van der Waals surface area contributed by atoms with Gasteiger partial charge in [0.05, 0.1) is 5.52 Å². The molecule has 0 aliphatic rings. The Kier molecular flexibility index (Phi) is 5.65. The average Bonchev–Trinajstić information content (AvgIpc) is 2.69. The molecule has 0 aliphatic heterocycles. The van der Waals surface area contributed by atoms with Crippen molar-refractivity contribution in [3.8, 4) is 5.75 Å². The number of hydrogen-bond donors (Lipinski definition) is 3. The van der Waals surface area contributed by atoms with Crippen LogP contribution in [-0.4, -0.2) is 21.5 Å². The Hall–Kier alpha value is -3.32. The largest absolute Gasteiger partial charge is 0.506 e. The fraction of sp³-hybridized carbons (Fsp3) is 0.150. The minimum atomic E-state index is -0.909. The van der Waals surface area contributed by atoms with Gasteiger partial charge in [-0.1, -0.05) is 36.7 Å². The molecule has 0 aliphatic carbocycles. The number of benzene rings is 2. The van der Waals surface area contributed by atoms with E-state index < -0.39 is 28.7 Å². The van der Waals surface area contributed by atoms with E-state index >= 15 is 0 Å². The molecule has 2 amide bonds. The number of carbonyl (C=O) groups excluding carboxylic acids is 2. The van der Waals surface area contributed by atoms with Crippen molar-refractivity contribution in [1.82, 2.24) is 15.4 Å². The lowest BCUT2D eigenvalue weighted by molar-refractivity contribution is 0.0844. The second-order valence-corrected chi connectivity index (χ2v) is 6.55. The molecule has 0 saturated heterocycles. The van der Waals surface area contributed by atoms with Crippen molar-refractivity contribution in [2.24, 2.45) is 0 Å². The summed E-state index contributed by atoms with van der Waals surface area (Å²) in [5, 5.41) is 11.3. The lowest BCUT2D eigenvalue weighted by atomic mass is 10.1. The topological polar surface area (TPSA) is 100 Å². The third kappa shape index (κ3) is 3.70. The zero-order chi connectivity index (χ0) is 20.3. The molecule has 3 aromatic rings. The second-order valence-electron chi connectivity index (χ2n) is 6.12. The minimum Gasteiger partial charge on any atom is -0.506 e. The highest BCUT2D eigenvalue weighted by Crippen LogP contribution is 2.26. The molecular formula is C20H18ClN3O4. The highest BCUT2D eigenvalue weighted by Gasteiger charge is 2.22. The summed E-state index contributed by atoms with van der Waals surface area (Å²) in [5.74, 6) is -1.94. The number of aromatic hydroxyl groups is 1. The van der Waals surface area contributed by atoms with E-state index in [1.807, 2.05) is 6.92 Å². The van der Waals surface area contributed by atoms with Crippen molar-refractivity contribution in [3.05, 3.63) is 75.0 Å². The second kappa shape index (κ2) is 8.14. The molecule has 0 bridgehead atoms. The Morgan fingerprint density at radius 3 is 2.50 bits per heavy atom. The SMILES string of the molecule is CCCn1c(=O)c(C(=O)NNC(=O)c2cccc(Cl)c2)c(O)c2ccccc21. The smallest absolute Gasteiger partial charge is 0.279 e. The average molecular weight is 400 g/mol. The standard InChI is InChI=1S/C20H18ClN3O4/c1-2-10-24-15-9-4-3-8-14(15)17(25)16(20(24)28)19(27)23-22-18(26)12-6-5-7-13(21)11-12/h3-9,11,25H,2,10H2,1H3,(H,22,26)(H,23,27). The molecule has 2 aromatic carbocycles. The number of nitrogens with one attached hydrogen (secondary N) is 2. The summed E-state index contributed by atoms with van der Waals surface area (Å²) < 4.78 is 1.43. The van der Waals surface area contributed by atoms with Gasteiger partial charge in [-0.15, -0.1) is 0 Å². The van der Waals surface area contributed by atoms with Gasteiger partial charge >= 0.3 is 0 Å². The third-order valence-corrected chi connectivity index (χ3v) is 4.43. The first-order chi connectivity index (χ1) is 13.4. The van der Waals surface area contributed by atoms with Crippen LogP contribution in [0.4, 0.5) is 0 Å². The molecule has 144 valence electrons. The Labute approximate surface area is 165 Å². The number of fused-ring (bicyclic) bond motifs is 1. The van der Waals surface area contributed by atoms with Gasteiger partial charge in [-0.05, 0) is 36.8 Å². The number of halogens is 1. The van der Waals surface area contributed by atoms with E-state index in [1.54, 1.807) is 36.4 Å². The highest BCUT2D eigenvalue weighted by molar-refractivity contribution is 6.31. The number of hydrogen-bond acceptors (Lipinski definition) is 4. The van der Waals surface area contributed by atoms with Crippen LogP contribution in [0, 0.1) is 0 Å². The first-order valence-corrected chi connectivity index (χ1v) is 9.02. The lowest BCUT2D eigenvalue weighted by Gasteiger charge is -2.14. The zero-order valence-corrected chi connectivity index (χ0v) is 15.8. The molecule has 0 fully saturated rings. The van der Waals surface area contributed by atoms with Crippen molar-refractivity contribution in [2.45, 2.75) is 19.9 Å². The van der Waals surface area contributed by atoms with Crippen molar-refractivity contribution >= 4 is 34.3 Å². The van der Waals surface area contributed by atoms with Gasteiger partial charge < -0.3 is 9.67 Å². The number of aromatic nitrogens is 1. The minimum absolute atomic E-state index is 0.235. The van der Waals surface area contributed by atoms with Crippen LogP contribution >= 0.6 is 11.6 Å². The first kappa shape index (κ1) is 19.4. The van der Waals surface area contributed by atoms with Crippen LogP contribution in [0.1, 0.15) is 34.1 Å². The van der Waals surface area contributed by atoms with Gasteiger partial charge in [-0.25, -0.2) is 0 Å². The van der Waals surface area contributed by atoms with Crippen molar-refractivity contribution in [3.63, 3.8) is 0 Å². The molecule has 0 unspecified atom stereocenters. The van der Waals surface area contributed by atoms with Crippen LogP contribution in [0.3, 0.4) is 0 Å². The molecule has 0 atom stereocenters. The van der Waals surface area contributed by atoms with E-state index in [-0.39, 0.29) is 5.56 Å². The molecule has 0 radical (unpaired) electrons. The predicted octanol–water partition coefficient (Wildman–Crippen LogP) is 2.85. The van der Waals surface area contributed by atoms with Crippen LogP contribution in [0.5, 0.6) is 5.75 Å². The van der Waals surface area contributed by atoms with Gasteiger partial charge in [0.15, 0.2) is 0 Å². The normalized spacial score (nSPS) is 10.6. The van der Waals surface area contributed by atoms with Crippen LogP contribution < -0.4 is 16.4 Å². The number of nitrogens with zero attached hydrogens (tertiary/aromatic N) is 1. The van der Waals surface area contributed by atoms with Crippen LogP contribution in [0.25, 0.3) is 10.9 Å². The van der Waals surface area contributed by atoms with E-state index in [1.165, 1.54) is 16.7 Å². The Morgan fingerprint density at radius 1 is 1.07 bits per heavy atom. The molecule has 0 saturated carbocycles. The summed E-state index contributed by atoms with van der Waals surface area (Å²) in [5.41, 5.74) is 4.10. The number of aryl methyl sites for hydroxylation is 1. The molecular weight excluding hydrogens is 382 g/mol. The number of pyridine rings is 1. The van der Waals surface area contributed by atoms with Crippen molar-refractivity contribution in [1.29, 1.82) is 0 Å². The summed E-state index contributed by atoms with van der Waals surface area (Å²) in [6, 6.07) is 12.9. The van der Waals surface area contributed by atoms with Gasteiger partial charge in [-0.3, -0.25) is 25.2 Å². The van der Waals surface area contributed by atoms with Crippen molar-refractivity contribution < 1.29 is 14.7 Å². The number of carbonyl (C=O) groups is 2. The summed E-state index contributed by atoms with van der Waals surface area (Å²) in [6.45, 7) is 2.29. The maximum atomic E-state index is 12.8. The fourth-order valence-electron chi connectivity index (χ4n) is 2.92. The molecule has 1 heterocycles. The quantitative estimate of drug-likeness (QED) is 0.587. The van der Waals surface area contributed by atoms with E-state index in [4.69, 9.17) is 11.6 Å². The predicted molar refractivity (Wildman–Crippen MR) is 107 cm³/mol. The molecule has 8 heteroatoms. The van der Waals surface area contributed by atoms with Gasteiger partial charge in [0.1, 0.15) is 11.3 Å². The molecule has 28 heavy (non-hydrogen) atoms. The Bertz CT molecular complexity index is 1120. The molecule has 0 spiro atoms. The summed E-state index contributed by atoms with van der Waals surface area (Å²) in [7, 11) is 0. The number of hydrazine groups is 1. The van der Waals surface area contributed by atoms with Crippen LogP contribution in [0.15, 0.2) is 53.3 Å². The summed E-state index contributed by atoms with van der Waals surface area (Å²) >= 11 is 5.85. The van der Waals surface area contributed by atoms with Crippen molar-refractivity contribution in [2.75, 3.05) is 0 Å². The number of amides is 2. The monoisotopic (exact) mass is 399 g/mol. The van der Waals surface area contributed by atoms with Crippen LogP contribution in [0.2, 0.25) is 5.02 Å². The fourth-order valence-corrected chi connectivity index (χ4v) is 3.11. The molecule has 3 N–H and O–H groups in total. The summed E-state index contributed by atoms with van der Waals surface area (Å²) in [4.78, 5) is 37.5. The number of para-hydroxylation sites is 1. The Balaban J connectivity index is 1.93.